The zero-order chi connectivity index (χ0) is 10.2. The summed E-state index contributed by atoms with van der Waals surface area (Å²) in [7, 11) is 0. The minimum atomic E-state index is 0.299. The highest BCUT2D eigenvalue weighted by Crippen LogP contribution is 2.24. The SMILES string of the molecule is CC(C)(C)N1CCc2ccccc2C1. The van der Waals surface area contributed by atoms with Crippen molar-refractivity contribution in [2.75, 3.05) is 6.54 Å². The van der Waals surface area contributed by atoms with Gasteiger partial charge in [-0.15, -0.1) is 0 Å². The molecule has 76 valence electrons. The summed E-state index contributed by atoms with van der Waals surface area (Å²) >= 11 is 0. The van der Waals surface area contributed by atoms with Crippen LogP contribution in [0.1, 0.15) is 31.9 Å². The molecule has 1 aromatic carbocycles. The number of fused-ring (bicyclic) bond motifs is 1. The van der Waals surface area contributed by atoms with Gasteiger partial charge >= 0.3 is 0 Å². The van der Waals surface area contributed by atoms with E-state index < -0.39 is 0 Å². The van der Waals surface area contributed by atoms with Gasteiger partial charge in [0.25, 0.3) is 0 Å². The van der Waals surface area contributed by atoms with Gasteiger partial charge in [0.1, 0.15) is 0 Å². The van der Waals surface area contributed by atoms with Crippen molar-refractivity contribution in [1.82, 2.24) is 4.90 Å². The Morgan fingerprint density at radius 3 is 2.36 bits per heavy atom. The van der Waals surface area contributed by atoms with Gasteiger partial charge in [-0.1, -0.05) is 24.3 Å². The molecule has 2 rings (SSSR count). The Kier molecular flexibility index (Phi) is 2.36. The highest BCUT2D eigenvalue weighted by atomic mass is 15.2. The smallest absolute Gasteiger partial charge is 0.0241 e. The lowest BCUT2D eigenvalue weighted by atomic mass is 9.95. The predicted octanol–water partition coefficient (Wildman–Crippen LogP) is 2.84. The van der Waals surface area contributed by atoms with Crippen molar-refractivity contribution in [3.63, 3.8) is 0 Å². The molecule has 14 heavy (non-hydrogen) atoms. The molecule has 1 heterocycles. The van der Waals surface area contributed by atoms with Crippen LogP contribution in [0.3, 0.4) is 0 Å². The first-order chi connectivity index (χ1) is 6.57. The van der Waals surface area contributed by atoms with Crippen molar-refractivity contribution in [2.24, 2.45) is 0 Å². The van der Waals surface area contributed by atoms with Crippen LogP contribution in [0.25, 0.3) is 0 Å². The van der Waals surface area contributed by atoms with E-state index in [0.717, 1.165) is 6.54 Å². The van der Waals surface area contributed by atoms with Gasteiger partial charge in [0, 0.05) is 18.6 Å². The summed E-state index contributed by atoms with van der Waals surface area (Å²) in [6.07, 6.45) is 1.20. The monoisotopic (exact) mass is 189 g/mol. The molecule has 1 aliphatic heterocycles. The van der Waals surface area contributed by atoms with E-state index in [2.05, 4.69) is 49.9 Å². The molecule has 0 fully saturated rings. The second-order valence-electron chi connectivity index (χ2n) is 5.11. The lowest BCUT2D eigenvalue weighted by molar-refractivity contribution is 0.121. The van der Waals surface area contributed by atoms with Crippen molar-refractivity contribution < 1.29 is 0 Å². The molecule has 0 aliphatic carbocycles. The van der Waals surface area contributed by atoms with Crippen molar-refractivity contribution >= 4 is 0 Å². The molecular weight excluding hydrogens is 170 g/mol. The third kappa shape index (κ3) is 1.83. The standard InChI is InChI=1S/C13H19N/c1-13(2,3)14-9-8-11-6-4-5-7-12(11)10-14/h4-7H,8-10H2,1-3H3. The maximum atomic E-state index is 2.55. The van der Waals surface area contributed by atoms with Crippen LogP contribution in [-0.4, -0.2) is 17.0 Å². The molecule has 0 spiro atoms. The van der Waals surface area contributed by atoms with Crippen LogP contribution in [0.5, 0.6) is 0 Å². The van der Waals surface area contributed by atoms with E-state index in [1.165, 1.54) is 24.1 Å². The fourth-order valence-corrected chi connectivity index (χ4v) is 2.07. The molecule has 0 N–H and O–H groups in total. The molecule has 0 bridgehead atoms. The molecule has 1 heteroatoms. The Morgan fingerprint density at radius 1 is 1.07 bits per heavy atom. The van der Waals surface area contributed by atoms with Gasteiger partial charge in [-0.25, -0.2) is 0 Å². The molecule has 0 amide bonds. The largest absolute Gasteiger partial charge is 0.294 e. The topological polar surface area (TPSA) is 3.24 Å². The summed E-state index contributed by atoms with van der Waals surface area (Å²) in [5.41, 5.74) is 3.34. The maximum Gasteiger partial charge on any atom is 0.0241 e. The van der Waals surface area contributed by atoms with E-state index in [1.807, 2.05) is 0 Å². The number of hydrogen-bond donors (Lipinski definition) is 0. The van der Waals surface area contributed by atoms with E-state index in [4.69, 9.17) is 0 Å². The van der Waals surface area contributed by atoms with Gasteiger partial charge in [0.05, 0.1) is 0 Å². The summed E-state index contributed by atoms with van der Waals surface area (Å²) in [6.45, 7) is 9.18. The molecule has 0 unspecified atom stereocenters. The van der Waals surface area contributed by atoms with Gasteiger partial charge in [-0.05, 0) is 38.3 Å². The Hall–Kier alpha value is -0.820. The van der Waals surface area contributed by atoms with Gasteiger partial charge in [0.15, 0.2) is 0 Å². The van der Waals surface area contributed by atoms with E-state index in [-0.39, 0.29) is 0 Å². The normalized spacial score (nSPS) is 17.9. The minimum Gasteiger partial charge on any atom is -0.294 e. The zero-order valence-corrected chi connectivity index (χ0v) is 9.38. The highest BCUT2D eigenvalue weighted by Gasteiger charge is 2.24. The highest BCUT2D eigenvalue weighted by molar-refractivity contribution is 5.29. The average Bonchev–Trinajstić information content (AvgIpc) is 2.16. The molecule has 0 atom stereocenters. The number of hydrogen-bond acceptors (Lipinski definition) is 1. The number of nitrogens with zero attached hydrogens (tertiary/aromatic N) is 1. The van der Waals surface area contributed by atoms with E-state index in [0.29, 0.717) is 5.54 Å². The van der Waals surface area contributed by atoms with E-state index in [1.54, 1.807) is 0 Å². The third-order valence-electron chi connectivity index (χ3n) is 3.08. The third-order valence-corrected chi connectivity index (χ3v) is 3.08. The molecule has 0 saturated heterocycles. The van der Waals surface area contributed by atoms with E-state index >= 15 is 0 Å². The summed E-state index contributed by atoms with van der Waals surface area (Å²) in [5, 5.41) is 0. The van der Waals surface area contributed by atoms with Crippen LogP contribution < -0.4 is 0 Å². The Balaban J connectivity index is 2.22. The van der Waals surface area contributed by atoms with Crippen molar-refractivity contribution in [3.8, 4) is 0 Å². The van der Waals surface area contributed by atoms with Crippen molar-refractivity contribution in [2.45, 2.75) is 39.3 Å². The molecule has 0 saturated carbocycles. The molecule has 1 aromatic rings. The summed E-state index contributed by atoms with van der Waals surface area (Å²) in [6, 6.07) is 8.80. The first-order valence-electron chi connectivity index (χ1n) is 5.39. The van der Waals surface area contributed by atoms with E-state index in [9.17, 15) is 0 Å². The molecule has 0 radical (unpaired) electrons. The van der Waals surface area contributed by atoms with Gasteiger partial charge in [-0.2, -0.15) is 0 Å². The van der Waals surface area contributed by atoms with Gasteiger partial charge in [0.2, 0.25) is 0 Å². The average molecular weight is 189 g/mol. The van der Waals surface area contributed by atoms with Crippen LogP contribution in [-0.2, 0) is 13.0 Å². The summed E-state index contributed by atoms with van der Waals surface area (Å²) in [4.78, 5) is 2.55. The first-order valence-corrected chi connectivity index (χ1v) is 5.39. The lowest BCUT2D eigenvalue weighted by Crippen LogP contribution is -2.44. The first kappa shape index (κ1) is 9.72. The maximum absolute atomic E-state index is 2.55. The quantitative estimate of drug-likeness (QED) is 0.606. The fourth-order valence-electron chi connectivity index (χ4n) is 2.07. The number of rotatable bonds is 0. The second-order valence-corrected chi connectivity index (χ2v) is 5.11. The summed E-state index contributed by atoms with van der Waals surface area (Å²) < 4.78 is 0. The van der Waals surface area contributed by atoms with Crippen LogP contribution in [0.4, 0.5) is 0 Å². The Bertz CT molecular complexity index is 322. The van der Waals surface area contributed by atoms with Crippen molar-refractivity contribution in [1.29, 1.82) is 0 Å². The lowest BCUT2D eigenvalue weighted by Gasteiger charge is -2.39. The number of benzene rings is 1. The Labute approximate surface area is 86.7 Å². The molecule has 0 aromatic heterocycles. The summed E-state index contributed by atoms with van der Waals surface area (Å²) in [5.74, 6) is 0. The van der Waals surface area contributed by atoms with Crippen LogP contribution in [0, 0.1) is 0 Å². The predicted molar refractivity (Wildman–Crippen MR) is 60.3 cm³/mol. The van der Waals surface area contributed by atoms with Crippen molar-refractivity contribution in [3.05, 3.63) is 35.4 Å². The second kappa shape index (κ2) is 3.39. The molecule has 1 nitrogen and oxygen atoms in total. The van der Waals surface area contributed by atoms with Gasteiger partial charge < -0.3 is 0 Å². The molecular formula is C13H19N. The minimum absolute atomic E-state index is 0.299. The van der Waals surface area contributed by atoms with Crippen LogP contribution >= 0.6 is 0 Å². The van der Waals surface area contributed by atoms with Crippen LogP contribution in [0.15, 0.2) is 24.3 Å². The van der Waals surface area contributed by atoms with Gasteiger partial charge in [-0.3, -0.25) is 4.90 Å². The fraction of sp³-hybridized carbons (Fsp3) is 0.538. The zero-order valence-electron chi connectivity index (χ0n) is 9.38. The Morgan fingerprint density at radius 2 is 1.71 bits per heavy atom. The van der Waals surface area contributed by atoms with Crippen LogP contribution in [0.2, 0.25) is 0 Å². The molecule has 1 aliphatic rings.